The van der Waals surface area contributed by atoms with E-state index in [2.05, 4.69) is 5.32 Å². The maximum Gasteiger partial charge on any atom is 0.317 e. The highest BCUT2D eigenvalue weighted by molar-refractivity contribution is 5.74. The summed E-state index contributed by atoms with van der Waals surface area (Å²) >= 11 is 0. The summed E-state index contributed by atoms with van der Waals surface area (Å²) in [6.07, 6.45) is 1.52. The zero-order valence-electron chi connectivity index (χ0n) is 12.3. The highest BCUT2D eigenvalue weighted by Crippen LogP contribution is 2.01. The second kappa shape index (κ2) is 9.61. The molecule has 0 aromatic heterocycles. The van der Waals surface area contributed by atoms with Gasteiger partial charge in [0.2, 0.25) is 0 Å². The minimum absolute atomic E-state index is 0.0275. The molecule has 0 aliphatic rings. The number of urea groups is 1. The lowest BCUT2D eigenvalue weighted by Gasteiger charge is -2.21. The van der Waals surface area contributed by atoms with E-state index in [0.717, 1.165) is 0 Å². The number of hydrogen-bond donors (Lipinski definition) is 2. The SMILES string of the molecule is CC(CCCC(=O)O)NC(=O)N(C)CCOC(C)C. The third-order valence-corrected chi connectivity index (χ3v) is 2.62. The third kappa shape index (κ3) is 10.3. The smallest absolute Gasteiger partial charge is 0.317 e. The standard InChI is InChI=1S/C13H26N2O4/c1-10(2)19-9-8-15(4)13(18)14-11(3)6-5-7-12(16)17/h10-11H,5-9H2,1-4H3,(H,14,18)(H,16,17). The number of amides is 2. The Labute approximate surface area is 115 Å². The molecule has 0 rings (SSSR count). The Balaban J connectivity index is 3.78. The van der Waals surface area contributed by atoms with E-state index in [1.165, 1.54) is 0 Å². The van der Waals surface area contributed by atoms with E-state index in [0.29, 0.717) is 26.0 Å². The Morgan fingerprint density at radius 3 is 2.47 bits per heavy atom. The Morgan fingerprint density at radius 1 is 1.32 bits per heavy atom. The van der Waals surface area contributed by atoms with Crippen molar-refractivity contribution in [2.75, 3.05) is 20.2 Å². The Bertz CT molecular complexity index is 282. The molecule has 2 N–H and O–H groups in total. The summed E-state index contributed by atoms with van der Waals surface area (Å²) in [5.41, 5.74) is 0. The number of carbonyl (C=O) groups excluding carboxylic acids is 1. The van der Waals surface area contributed by atoms with Gasteiger partial charge in [-0.1, -0.05) is 0 Å². The zero-order valence-corrected chi connectivity index (χ0v) is 12.3. The number of rotatable bonds is 9. The summed E-state index contributed by atoms with van der Waals surface area (Å²) in [5.74, 6) is -0.804. The zero-order chi connectivity index (χ0) is 14.8. The van der Waals surface area contributed by atoms with Crippen molar-refractivity contribution in [1.82, 2.24) is 10.2 Å². The van der Waals surface area contributed by atoms with Crippen molar-refractivity contribution >= 4 is 12.0 Å². The molecule has 6 heteroatoms. The van der Waals surface area contributed by atoms with E-state index in [4.69, 9.17) is 9.84 Å². The van der Waals surface area contributed by atoms with Crippen molar-refractivity contribution in [3.8, 4) is 0 Å². The third-order valence-electron chi connectivity index (χ3n) is 2.62. The molecule has 0 aliphatic heterocycles. The van der Waals surface area contributed by atoms with E-state index >= 15 is 0 Å². The quantitative estimate of drug-likeness (QED) is 0.670. The van der Waals surface area contributed by atoms with Crippen LogP contribution in [0.5, 0.6) is 0 Å². The molecule has 1 unspecified atom stereocenters. The van der Waals surface area contributed by atoms with Crippen LogP contribution < -0.4 is 5.32 Å². The number of carboxylic acid groups (broad SMARTS) is 1. The number of likely N-dealkylation sites (N-methyl/N-ethyl adjacent to an activating group) is 1. The van der Waals surface area contributed by atoms with Crippen LogP contribution in [0.15, 0.2) is 0 Å². The fourth-order valence-electron chi connectivity index (χ4n) is 1.48. The Kier molecular flexibility index (Phi) is 8.95. The molecule has 0 aromatic carbocycles. The van der Waals surface area contributed by atoms with Crippen LogP contribution >= 0.6 is 0 Å². The minimum atomic E-state index is -0.804. The van der Waals surface area contributed by atoms with E-state index < -0.39 is 5.97 Å². The van der Waals surface area contributed by atoms with Gasteiger partial charge in [-0.25, -0.2) is 4.79 Å². The fourth-order valence-corrected chi connectivity index (χ4v) is 1.48. The van der Waals surface area contributed by atoms with Crippen molar-refractivity contribution < 1.29 is 19.4 Å². The van der Waals surface area contributed by atoms with Crippen molar-refractivity contribution in [1.29, 1.82) is 0 Å². The van der Waals surface area contributed by atoms with E-state index in [9.17, 15) is 9.59 Å². The summed E-state index contributed by atoms with van der Waals surface area (Å²) in [5, 5.41) is 11.4. The summed E-state index contributed by atoms with van der Waals surface area (Å²) in [6.45, 7) is 6.81. The molecular formula is C13H26N2O4. The first kappa shape index (κ1) is 17.7. The molecule has 0 bridgehead atoms. The van der Waals surface area contributed by atoms with Crippen molar-refractivity contribution in [2.45, 2.75) is 52.2 Å². The number of ether oxygens (including phenoxy) is 1. The van der Waals surface area contributed by atoms with Crippen LogP contribution in [0, 0.1) is 0 Å². The van der Waals surface area contributed by atoms with Gasteiger partial charge in [0.25, 0.3) is 0 Å². The molecule has 0 saturated carbocycles. The summed E-state index contributed by atoms with van der Waals surface area (Å²) in [7, 11) is 1.71. The number of carbonyl (C=O) groups is 2. The average Bonchev–Trinajstić information content (AvgIpc) is 2.27. The van der Waals surface area contributed by atoms with E-state index in [1.807, 2.05) is 20.8 Å². The lowest BCUT2D eigenvalue weighted by atomic mass is 10.1. The van der Waals surface area contributed by atoms with Gasteiger partial charge < -0.3 is 20.1 Å². The molecule has 0 heterocycles. The van der Waals surface area contributed by atoms with Gasteiger partial charge >= 0.3 is 12.0 Å². The van der Waals surface area contributed by atoms with Crippen molar-refractivity contribution in [2.24, 2.45) is 0 Å². The van der Waals surface area contributed by atoms with Gasteiger partial charge in [0.15, 0.2) is 0 Å². The molecule has 0 spiro atoms. The molecular weight excluding hydrogens is 248 g/mol. The van der Waals surface area contributed by atoms with Crippen LogP contribution in [0.3, 0.4) is 0 Å². The first-order valence-electron chi connectivity index (χ1n) is 6.68. The second-order valence-corrected chi connectivity index (χ2v) is 4.98. The van der Waals surface area contributed by atoms with E-state index in [-0.39, 0.29) is 24.6 Å². The van der Waals surface area contributed by atoms with Crippen molar-refractivity contribution in [3.63, 3.8) is 0 Å². The minimum Gasteiger partial charge on any atom is -0.481 e. The van der Waals surface area contributed by atoms with Crippen LogP contribution in [0.25, 0.3) is 0 Å². The molecule has 112 valence electrons. The van der Waals surface area contributed by atoms with Crippen LogP contribution in [0.1, 0.15) is 40.0 Å². The Morgan fingerprint density at radius 2 is 1.95 bits per heavy atom. The van der Waals surface area contributed by atoms with E-state index in [1.54, 1.807) is 11.9 Å². The maximum atomic E-state index is 11.8. The lowest BCUT2D eigenvalue weighted by molar-refractivity contribution is -0.137. The number of hydrogen-bond acceptors (Lipinski definition) is 3. The summed E-state index contributed by atoms with van der Waals surface area (Å²) in [4.78, 5) is 23.7. The first-order valence-corrected chi connectivity index (χ1v) is 6.68. The number of aliphatic carboxylic acids is 1. The monoisotopic (exact) mass is 274 g/mol. The molecule has 0 aromatic rings. The highest BCUT2D eigenvalue weighted by atomic mass is 16.5. The summed E-state index contributed by atoms with van der Waals surface area (Å²) < 4.78 is 5.37. The van der Waals surface area contributed by atoms with Crippen molar-refractivity contribution in [3.05, 3.63) is 0 Å². The van der Waals surface area contributed by atoms with Gasteiger partial charge in [0.1, 0.15) is 0 Å². The molecule has 1 atom stereocenters. The van der Waals surface area contributed by atoms with Crippen LogP contribution in [0.2, 0.25) is 0 Å². The molecule has 0 fully saturated rings. The van der Waals surface area contributed by atoms with Gasteiger partial charge in [0, 0.05) is 26.1 Å². The van der Waals surface area contributed by atoms with Gasteiger partial charge in [-0.05, 0) is 33.6 Å². The fraction of sp³-hybridized carbons (Fsp3) is 0.846. The molecule has 2 amide bonds. The number of nitrogens with zero attached hydrogens (tertiary/aromatic N) is 1. The Hall–Kier alpha value is -1.30. The highest BCUT2D eigenvalue weighted by Gasteiger charge is 2.12. The van der Waals surface area contributed by atoms with Crippen LogP contribution in [-0.4, -0.2) is 54.4 Å². The normalized spacial score (nSPS) is 12.3. The van der Waals surface area contributed by atoms with Crippen LogP contribution in [-0.2, 0) is 9.53 Å². The van der Waals surface area contributed by atoms with Gasteiger partial charge in [0.05, 0.1) is 12.7 Å². The first-order chi connectivity index (χ1) is 8.82. The molecule has 0 saturated heterocycles. The average molecular weight is 274 g/mol. The van der Waals surface area contributed by atoms with Crippen LogP contribution in [0.4, 0.5) is 4.79 Å². The second-order valence-electron chi connectivity index (χ2n) is 4.98. The largest absolute Gasteiger partial charge is 0.481 e. The predicted molar refractivity (Wildman–Crippen MR) is 73.2 cm³/mol. The van der Waals surface area contributed by atoms with Gasteiger partial charge in [-0.2, -0.15) is 0 Å². The van der Waals surface area contributed by atoms with Gasteiger partial charge in [-0.3, -0.25) is 4.79 Å². The number of carboxylic acids is 1. The predicted octanol–water partition coefficient (Wildman–Crippen LogP) is 1.70. The topological polar surface area (TPSA) is 78.9 Å². The number of nitrogens with one attached hydrogen (secondary N) is 1. The maximum absolute atomic E-state index is 11.8. The molecule has 19 heavy (non-hydrogen) atoms. The molecule has 0 radical (unpaired) electrons. The summed E-state index contributed by atoms with van der Waals surface area (Å²) in [6, 6.07) is -0.185. The molecule has 0 aliphatic carbocycles. The molecule has 6 nitrogen and oxygen atoms in total. The van der Waals surface area contributed by atoms with Gasteiger partial charge in [-0.15, -0.1) is 0 Å². The lowest BCUT2D eigenvalue weighted by Crippen LogP contribution is -2.43.